The zero-order valence-corrected chi connectivity index (χ0v) is 9.43. The van der Waals surface area contributed by atoms with Crippen molar-refractivity contribution in [2.24, 2.45) is 5.92 Å². The van der Waals surface area contributed by atoms with E-state index in [9.17, 15) is 0 Å². The Morgan fingerprint density at radius 2 is 1.75 bits per heavy atom. The molecule has 0 aromatic heterocycles. The van der Waals surface area contributed by atoms with Crippen molar-refractivity contribution in [2.45, 2.75) is 53.0 Å². The molecule has 0 aliphatic rings. The van der Waals surface area contributed by atoms with Gasteiger partial charge < -0.3 is 4.90 Å². The second kappa shape index (κ2) is 6.47. The molecule has 1 unspecified atom stereocenters. The highest BCUT2D eigenvalue weighted by molar-refractivity contribution is 4.70. The molecule has 1 atom stereocenters. The summed E-state index contributed by atoms with van der Waals surface area (Å²) in [6.07, 6.45) is 4.05. The first-order chi connectivity index (χ1) is 5.63. The molecule has 12 heavy (non-hydrogen) atoms. The Hall–Kier alpha value is -0.0400. The van der Waals surface area contributed by atoms with Gasteiger partial charge in [-0.1, -0.05) is 40.5 Å². The zero-order valence-electron chi connectivity index (χ0n) is 9.43. The van der Waals surface area contributed by atoms with Gasteiger partial charge in [-0.2, -0.15) is 0 Å². The van der Waals surface area contributed by atoms with Crippen LogP contribution in [0.1, 0.15) is 47.0 Å². The molecule has 74 valence electrons. The Labute approximate surface area is 78.1 Å². The normalized spacial score (nSPS) is 14.2. The van der Waals surface area contributed by atoms with Crippen LogP contribution in [0.3, 0.4) is 0 Å². The second-order valence-electron chi connectivity index (χ2n) is 4.03. The second-order valence-corrected chi connectivity index (χ2v) is 4.03. The van der Waals surface area contributed by atoms with Gasteiger partial charge in [0.1, 0.15) is 0 Å². The average molecular weight is 171 g/mol. The van der Waals surface area contributed by atoms with Crippen LogP contribution >= 0.6 is 0 Å². The zero-order chi connectivity index (χ0) is 9.56. The van der Waals surface area contributed by atoms with Gasteiger partial charge in [-0.3, -0.25) is 0 Å². The van der Waals surface area contributed by atoms with Crippen molar-refractivity contribution in [2.75, 3.05) is 13.6 Å². The Kier molecular flexibility index (Phi) is 6.45. The molecule has 0 aliphatic carbocycles. The molecule has 0 fully saturated rings. The van der Waals surface area contributed by atoms with Crippen LogP contribution in [-0.4, -0.2) is 24.5 Å². The van der Waals surface area contributed by atoms with Gasteiger partial charge in [0.15, 0.2) is 0 Å². The van der Waals surface area contributed by atoms with Gasteiger partial charge in [-0.15, -0.1) is 0 Å². The van der Waals surface area contributed by atoms with Crippen molar-refractivity contribution in [3.8, 4) is 0 Å². The predicted octanol–water partition coefficient (Wildman–Crippen LogP) is 3.15. The van der Waals surface area contributed by atoms with Crippen LogP contribution in [-0.2, 0) is 0 Å². The largest absolute Gasteiger partial charge is 0.303 e. The number of rotatable bonds is 6. The summed E-state index contributed by atoms with van der Waals surface area (Å²) in [7, 11) is 2.24. The lowest BCUT2D eigenvalue weighted by molar-refractivity contribution is 0.186. The minimum Gasteiger partial charge on any atom is -0.303 e. The van der Waals surface area contributed by atoms with Gasteiger partial charge >= 0.3 is 0 Å². The van der Waals surface area contributed by atoms with E-state index in [1.807, 2.05) is 0 Å². The monoisotopic (exact) mass is 171 g/mol. The lowest BCUT2D eigenvalue weighted by Crippen LogP contribution is -2.35. The first kappa shape index (κ1) is 12.0. The van der Waals surface area contributed by atoms with E-state index in [4.69, 9.17) is 0 Å². The Balaban J connectivity index is 3.85. The van der Waals surface area contributed by atoms with Crippen LogP contribution in [0.15, 0.2) is 0 Å². The third-order valence-electron chi connectivity index (χ3n) is 2.69. The topological polar surface area (TPSA) is 3.24 Å². The summed E-state index contributed by atoms with van der Waals surface area (Å²) in [5, 5.41) is 0. The Bertz CT molecular complexity index is 99.2. The van der Waals surface area contributed by atoms with E-state index in [0.29, 0.717) is 0 Å². The molecule has 0 aromatic rings. The summed E-state index contributed by atoms with van der Waals surface area (Å²) in [6.45, 7) is 10.3. The summed E-state index contributed by atoms with van der Waals surface area (Å²) >= 11 is 0. The maximum atomic E-state index is 2.47. The fraction of sp³-hybridized carbons (Fsp3) is 1.00. The van der Waals surface area contributed by atoms with Crippen molar-refractivity contribution in [1.29, 1.82) is 0 Å². The summed E-state index contributed by atoms with van der Waals surface area (Å²) in [5.74, 6) is 0.793. The molecule has 0 amide bonds. The van der Waals surface area contributed by atoms with Gasteiger partial charge in [0.05, 0.1) is 0 Å². The van der Waals surface area contributed by atoms with E-state index in [2.05, 4.69) is 39.6 Å². The van der Waals surface area contributed by atoms with Crippen molar-refractivity contribution >= 4 is 0 Å². The Morgan fingerprint density at radius 3 is 2.08 bits per heavy atom. The van der Waals surface area contributed by atoms with Crippen LogP contribution in [0.5, 0.6) is 0 Å². The summed E-state index contributed by atoms with van der Waals surface area (Å²) in [6, 6.07) is 0.787. The molecule has 0 saturated carbocycles. The van der Waals surface area contributed by atoms with Crippen molar-refractivity contribution in [3.05, 3.63) is 0 Å². The quantitative estimate of drug-likeness (QED) is 0.593. The molecule has 1 nitrogen and oxygen atoms in total. The number of hydrogen-bond acceptors (Lipinski definition) is 1. The third kappa shape index (κ3) is 4.10. The number of unbranched alkanes of at least 4 members (excludes halogenated alkanes) is 1. The maximum Gasteiger partial charge on any atom is 0.0115 e. The van der Waals surface area contributed by atoms with E-state index in [1.54, 1.807) is 0 Å². The number of hydrogen-bond donors (Lipinski definition) is 0. The molecule has 1 heteroatoms. The first-order valence-electron chi connectivity index (χ1n) is 5.33. The lowest BCUT2D eigenvalue weighted by Gasteiger charge is -2.30. The highest BCUT2D eigenvalue weighted by Crippen LogP contribution is 2.15. The van der Waals surface area contributed by atoms with Crippen LogP contribution in [0.4, 0.5) is 0 Å². The van der Waals surface area contributed by atoms with E-state index in [-0.39, 0.29) is 0 Å². The highest BCUT2D eigenvalue weighted by Gasteiger charge is 2.15. The molecule has 0 saturated heterocycles. The minimum absolute atomic E-state index is 0.787. The van der Waals surface area contributed by atoms with Crippen molar-refractivity contribution < 1.29 is 0 Å². The number of nitrogens with zero attached hydrogens (tertiary/aromatic N) is 1. The van der Waals surface area contributed by atoms with Gasteiger partial charge in [-0.05, 0) is 25.9 Å². The van der Waals surface area contributed by atoms with Gasteiger partial charge in [0.2, 0.25) is 0 Å². The van der Waals surface area contributed by atoms with Crippen LogP contribution < -0.4 is 0 Å². The molecular formula is C11H25N. The summed E-state index contributed by atoms with van der Waals surface area (Å²) < 4.78 is 0. The first-order valence-corrected chi connectivity index (χ1v) is 5.33. The molecule has 0 radical (unpaired) electrons. The van der Waals surface area contributed by atoms with Gasteiger partial charge in [0, 0.05) is 6.04 Å². The third-order valence-corrected chi connectivity index (χ3v) is 2.69. The molecular weight excluding hydrogens is 146 g/mol. The highest BCUT2D eigenvalue weighted by atomic mass is 15.1. The van der Waals surface area contributed by atoms with Gasteiger partial charge in [-0.25, -0.2) is 0 Å². The molecule has 0 rings (SSSR count). The molecule has 0 spiro atoms. The van der Waals surface area contributed by atoms with E-state index >= 15 is 0 Å². The standard InChI is InChI=1S/C11H25N/c1-6-8-9-11(10(3)4)12(5)7-2/h10-11H,6-9H2,1-5H3. The Morgan fingerprint density at radius 1 is 1.17 bits per heavy atom. The molecule has 0 aliphatic heterocycles. The fourth-order valence-corrected chi connectivity index (χ4v) is 1.71. The molecule has 0 aromatic carbocycles. The summed E-state index contributed by atoms with van der Waals surface area (Å²) in [4.78, 5) is 2.47. The SMILES string of the molecule is CCCCC(C(C)C)N(C)CC. The molecule has 0 N–H and O–H groups in total. The smallest absolute Gasteiger partial charge is 0.0115 e. The lowest BCUT2D eigenvalue weighted by atomic mass is 9.97. The molecule has 0 bridgehead atoms. The van der Waals surface area contributed by atoms with E-state index in [1.165, 1.54) is 25.8 Å². The predicted molar refractivity (Wildman–Crippen MR) is 56.5 cm³/mol. The summed E-state index contributed by atoms with van der Waals surface area (Å²) in [5.41, 5.74) is 0. The fourth-order valence-electron chi connectivity index (χ4n) is 1.71. The maximum absolute atomic E-state index is 2.47. The van der Waals surface area contributed by atoms with Crippen LogP contribution in [0.25, 0.3) is 0 Å². The van der Waals surface area contributed by atoms with Crippen molar-refractivity contribution in [1.82, 2.24) is 4.90 Å². The van der Waals surface area contributed by atoms with Crippen LogP contribution in [0.2, 0.25) is 0 Å². The van der Waals surface area contributed by atoms with E-state index < -0.39 is 0 Å². The minimum atomic E-state index is 0.787. The van der Waals surface area contributed by atoms with E-state index in [0.717, 1.165) is 12.0 Å². The van der Waals surface area contributed by atoms with Crippen molar-refractivity contribution in [3.63, 3.8) is 0 Å². The average Bonchev–Trinajstić information content (AvgIpc) is 2.04. The van der Waals surface area contributed by atoms with Gasteiger partial charge in [0.25, 0.3) is 0 Å². The van der Waals surface area contributed by atoms with Crippen LogP contribution in [0, 0.1) is 5.92 Å². The molecule has 0 heterocycles.